The molecule has 0 radical (unpaired) electrons. The summed E-state index contributed by atoms with van der Waals surface area (Å²) in [7, 11) is 0. The normalized spacial score (nSPS) is 19.1. The van der Waals surface area contributed by atoms with Gasteiger partial charge in [0.2, 0.25) is 5.91 Å². The third-order valence-corrected chi connectivity index (χ3v) is 15.8. The summed E-state index contributed by atoms with van der Waals surface area (Å²) in [6.07, 6.45) is 67.6. The Labute approximate surface area is 508 Å². The molecule has 83 heavy (non-hydrogen) atoms. The maximum Gasteiger partial charge on any atom is 0.306 e. The number of hydrogen-bond donors (Lipinski definition) is 6. The predicted molar refractivity (Wildman–Crippen MR) is 347 cm³/mol. The second-order valence-electron chi connectivity index (χ2n) is 23.6. The first-order chi connectivity index (χ1) is 40.7. The summed E-state index contributed by atoms with van der Waals surface area (Å²) >= 11 is 0. The number of amides is 1. The lowest BCUT2D eigenvalue weighted by atomic mass is 9.99. The Morgan fingerprint density at radius 1 is 0.470 bits per heavy atom. The van der Waals surface area contributed by atoms with Crippen molar-refractivity contribution in [1.29, 1.82) is 0 Å². The smallest absolute Gasteiger partial charge is 0.306 e. The van der Waals surface area contributed by atoms with Crippen LogP contribution in [0.1, 0.15) is 297 Å². The van der Waals surface area contributed by atoms with Crippen molar-refractivity contribution in [1.82, 2.24) is 5.32 Å². The molecule has 1 saturated heterocycles. The van der Waals surface area contributed by atoms with E-state index in [2.05, 4.69) is 99.0 Å². The van der Waals surface area contributed by atoms with Crippen molar-refractivity contribution < 1.29 is 49.3 Å². The van der Waals surface area contributed by atoms with Crippen LogP contribution in [0.5, 0.6) is 0 Å². The van der Waals surface area contributed by atoms with E-state index in [1.807, 2.05) is 6.08 Å². The van der Waals surface area contributed by atoms with E-state index < -0.39 is 67.4 Å². The first-order valence-corrected chi connectivity index (χ1v) is 34.4. The van der Waals surface area contributed by atoms with Gasteiger partial charge in [0, 0.05) is 6.42 Å². The number of esters is 1. The SMILES string of the molecule is CCCCC/C=C\C/C=C\C/C=C\CCCCCCCCCCCCCCC(=O)OC1C(OCC(NC(=O)C(O)CCCCCCC/C=C\C/C=C\C/C=C\CCCCC)C(O)/C=C/CCCCCCCCCCC)OC(CO)C(O)C1O. The van der Waals surface area contributed by atoms with Gasteiger partial charge < -0.3 is 45.1 Å². The van der Waals surface area contributed by atoms with Crippen LogP contribution in [-0.2, 0) is 23.8 Å². The molecular weight excluding hydrogens is 1040 g/mol. The second kappa shape index (κ2) is 59.2. The molecule has 1 aliphatic rings. The Balaban J connectivity index is 2.58. The molecule has 1 rings (SSSR count). The zero-order chi connectivity index (χ0) is 60.3. The van der Waals surface area contributed by atoms with Gasteiger partial charge in [-0.1, -0.05) is 273 Å². The fourth-order valence-electron chi connectivity index (χ4n) is 10.3. The quantitative estimate of drug-likeness (QED) is 0.0195. The standard InChI is InChI=1S/C72H127NO10/c1-4-7-10-13-16-19-22-24-26-28-30-31-32-33-34-35-36-38-40-42-45-48-51-54-57-60-67(77)83-70-69(79)68(78)66(61-74)82-72(70)81-62-63(64(75)58-55-52-49-46-43-21-18-15-12-9-6-3)73-71(80)65(76)59-56-53-50-47-44-41-39-37-29-27-25-23-20-17-14-11-8-5-2/h16-17,19-20,24-27,30-31,37,39,55,58,63-66,68-70,72,74-76,78-79H,4-15,18,21-23,28-29,32-36,38,40-54,56-57,59-62H2,1-3H3,(H,73,80)/b19-16-,20-17-,26-24-,27-25-,31-30-,39-37-,58-55+. The Kier molecular flexibility index (Phi) is 55.5. The van der Waals surface area contributed by atoms with Crippen molar-refractivity contribution in [2.24, 2.45) is 0 Å². The monoisotopic (exact) mass is 1170 g/mol. The molecule has 1 heterocycles. The molecule has 1 fully saturated rings. The van der Waals surface area contributed by atoms with Crippen molar-refractivity contribution >= 4 is 11.9 Å². The molecule has 8 unspecified atom stereocenters. The average Bonchev–Trinajstić information content (AvgIpc) is 3.67. The molecule has 0 aliphatic carbocycles. The fourth-order valence-corrected chi connectivity index (χ4v) is 10.3. The number of aliphatic hydroxyl groups is 5. The maximum atomic E-state index is 13.4. The molecule has 11 nitrogen and oxygen atoms in total. The maximum absolute atomic E-state index is 13.4. The zero-order valence-corrected chi connectivity index (χ0v) is 53.3. The highest BCUT2D eigenvalue weighted by atomic mass is 16.7. The van der Waals surface area contributed by atoms with Gasteiger partial charge in [-0.25, -0.2) is 0 Å². The van der Waals surface area contributed by atoms with Gasteiger partial charge >= 0.3 is 5.97 Å². The molecular formula is C72H127NO10. The molecule has 480 valence electrons. The van der Waals surface area contributed by atoms with Crippen molar-refractivity contribution in [2.75, 3.05) is 13.2 Å². The largest absolute Gasteiger partial charge is 0.454 e. The van der Waals surface area contributed by atoms with Gasteiger partial charge in [0.05, 0.1) is 25.4 Å². The molecule has 0 aromatic rings. The second-order valence-corrected chi connectivity index (χ2v) is 23.6. The topological polar surface area (TPSA) is 175 Å². The lowest BCUT2D eigenvalue weighted by molar-refractivity contribution is -0.305. The lowest BCUT2D eigenvalue weighted by Gasteiger charge is -2.41. The van der Waals surface area contributed by atoms with Crippen LogP contribution in [0.25, 0.3) is 0 Å². The van der Waals surface area contributed by atoms with Gasteiger partial charge in [0.25, 0.3) is 0 Å². The Hall–Kier alpha value is -3.16. The minimum absolute atomic E-state index is 0.117. The highest BCUT2D eigenvalue weighted by Gasteiger charge is 2.47. The summed E-state index contributed by atoms with van der Waals surface area (Å²) in [6, 6.07) is -1.03. The summed E-state index contributed by atoms with van der Waals surface area (Å²) < 4.78 is 17.7. The van der Waals surface area contributed by atoms with E-state index in [9.17, 15) is 35.1 Å². The fraction of sp³-hybridized carbons (Fsp3) is 0.778. The van der Waals surface area contributed by atoms with Crippen molar-refractivity contribution in [2.45, 2.75) is 346 Å². The lowest BCUT2D eigenvalue weighted by Crippen LogP contribution is -2.61. The van der Waals surface area contributed by atoms with E-state index in [-0.39, 0.29) is 19.4 Å². The van der Waals surface area contributed by atoms with E-state index in [1.54, 1.807) is 6.08 Å². The summed E-state index contributed by atoms with van der Waals surface area (Å²) in [6.45, 7) is 5.74. The average molecular weight is 1170 g/mol. The molecule has 0 spiro atoms. The molecule has 0 bridgehead atoms. The van der Waals surface area contributed by atoms with Crippen LogP contribution < -0.4 is 5.32 Å². The van der Waals surface area contributed by atoms with Crippen LogP contribution in [0.15, 0.2) is 85.1 Å². The summed E-state index contributed by atoms with van der Waals surface area (Å²) in [4.78, 5) is 26.6. The van der Waals surface area contributed by atoms with Gasteiger partial charge in [-0.05, 0) is 103 Å². The molecule has 8 atom stereocenters. The van der Waals surface area contributed by atoms with Crippen LogP contribution in [0.2, 0.25) is 0 Å². The van der Waals surface area contributed by atoms with Gasteiger partial charge in [0.1, 0.15) is 24.4 Å². The number of carbonyl (C=O) groups excluding carboxylic acids is 2. The Morgan fingerprint density at radius 2 is 0.831 bits per heavy atom. The minimum atomic E-state index is -1.62. The number of unbranched alkanes of at least 4 members (excludes halogenated alkanes) is 32. The first-order valence-electron chi connectivity index (χ1n) is 34.4. The number of hydrogen-bond acceptors (Lipinski definition) is 10. The third-order valence-electron chi connectivity index (χ3n) is 15.8. The van der Waals surface area contributed by atoms with E-state index >= 15 is 0 Å². The number of rotatable bonds is 58. The first kappa shape index (κ1) is 77.9. The molecule has 0 aromatic carbocycles. The van der Waals surface area contributed by atoms with Gasteiger partial charge in [0.15, 0.2) is 12.4 Å². The van der Waals surface area contributed by atoms with E-state index in [1.165, 1.54) is 154 Å². The molecule has 0 saturated carbocycles. The number of allylic oxidation sites excluding steroid dienone is 13. The zero-order valence-electron chi connectivity index (χ0n) is 53.3. The minimum Gasteiger partial charge on any atom is -0.454 e. The molecule has 1 aliphatic heterocycles. The van der Waals surface area contributed by atoms with E-state index in [0.717, 1.165) is 96.3 Å². The summed E-state index contributed by atoms with van der Waals surface area (Å²) in [5.41, 5.74) is 0. The van der Waals surface area contributed by atoms with Crippen LogP contribution >= 0.6 is 0 Å². The van der Waals surface area contributed by atoms with Crippen molar-refractivity contribution in [3.05, 3.63) is 85.1 Å². The van der Waals surface area contributed by atoms with Crippen LogP contribution in [0, 0.1) is 0 Å². The third kappa shape index (κ3) is 46.7. The molecule has 1 amide bonds. The highest BCUT2D eigenvalue weighted by molar-refractivity contribution is 5.80. The van der Waals surface area contributed by atoms with Crippen LogP contribution in [0.3, 0.4) is 0 Å². The van der Waals surface area contributed by atoms with Gasteiger partial charge in [-0.15, -0.1) is 0 Å². The summed E-state index contributed by atoms with van der Waals surface area (Å²) in [5, 5.41) is 57.1. The van der Waals surface area contributed by atoms with Crippen molar-refractivity contribution in [3.8, 4) is 0 Å². The Morgan fingerprint density at radius 3 is 1.27 bits per heavy atom. The predicted octanol–water partition coefficient (Wildman–Crippen LogP) is 17.3. The van der Waals surface area contributed by atoms with Crippen LogP contribution in [-0.4, -0.2) is 99.6 Å². The molecule has 6 N–H and O–H groups in total. The van der Waals surface area contributed by atoms with Crippen molar-refractivity contribution in [3.63, 3.8) is 0 Å². The number of nitrogens with one attached hydrogen (secondary N) is 1. The van der Waals surface area contributed by atoms with E-state index in [4.69, 9.17) is 14.2 Å². The van der Waals surface area contributed by atoms with Gasteiger partial charge in [-0.3, -0.25) is 9.59 Å². The molecule has 0 aromatic heterocycles. The Bertz CT molecular complexity index is 1670. The number of aliphatic hydroxyl groups excluding tert-OH is 5. The number of carbonyl (C=O) groups is 2. The number of ether oxygens (including phenoxy) is 3. The molecule has 11 heteroatoms. The van der Waals surface area contributed by atoms with Crippen LogP contribution in [0.4, 0.5) is 0 Å². The summed E-state index contributed by atoms with van der Waals surface area (Å²) in [5.74, 6) is -1.21. The van der Waals surface area contributed by atoms with Gasteiger partial charge in [-0.2, -0.15) is 0 Å². The highest BCUT2D eigenvalue weighted by Crippen LogP contribution is 2.26. The van der Waals surface area contributed by atoms with E-state index in [0.29, 0.717) is 12.8 Å².